The summed E-state index contributed by atoms with van der Waals surface area (Å²) in [5.74, 6) is 0. The van der Waals surface area contributed by atoms with Crippen LogP contribution in [0.15, 0.2) is 0 Å². The molecule has 116 valence electrons. The highest BCUT2D eigenvalue weighted by atomic mass is 28.4. The SMILES string of the molecule is CCCCCCCCCCCCCCC[Si](N)(N)N. The Morgan fingerprint density at radius 1 is 0.526 bits per heavy atom. The van der Waals surface area contributed by atoms with Gasteiger partial charge in [0.15, 0.2) is 0 Å². The molecule has 0 amide bonds. The fraction of sp³-hybridized carbons (Fsp3) is 1.00. The molecule has 0 unspecified atom stereocenters. The third-order valence-electron chi connectivity index (χ3n) is 3.71. The van der Waals surface area contributed by atoms with Crippen LogP contribution in [0.4, 0.5) is 0 Å². The van der Waals surface area contributed by atoms with Gasteiger partial charge in [-0.05, 0) is 6.04 Å². The van der Waals surface area contributed by atoms with E-state index in [2.05, 4.69) is 6.92 Å². The van der Waals surface area contributed by atoms with Gasteiger partial charge in [-0.25, -0.2) is 0 Å². The summed E-state index contributed by atoms with van der Waals surface area (Å²) in [5, 5.41) is 17.0. The van der Waals surface area contributed by atoms with Gasteiger partial charge >= 0.3 is 0 Å². The highest BCUT2D eigenvalue weighted by Crippen LogP contribution is 2.13. The van der Waals surface area contributed by atoms with E-state index < -0.39 is 8.56 Å². The van der Waals surface area contributed by atoms with Crippen LogP contribution in [0.25, 0.3) is 0 Å². The van der Waals surface area contributed by atoms with Gasteiger partial charge in [-0.3, -0.25) is 0 Å². The molecule has 0 aromatic carbocycles. The molecule has 0 rings (SSSR count). The van der Waals surface area contributed by atoms with E-state index in [-0.39, 0.29) is 0 Å². The van der Waals surface area contributed by atoms with Gasteiger partial charge in [0, 0.05) is 0 Å². The quantitative estimate of drug-likeness (QED) is 0.335. The summed E-state index contributed by atoms with van der Waals surface area (Å²) >= 11 is 0. The Labute approximate surface area is 121 Å². The van der Waals surface area contributed by atoms with Crippen molar-refractivity contribution in [2.24, 2.45) is 16.2 Å². The van der Waals surface area contributed by atoms with Crippen LogP contribution in [0.1, 0.15) is 90.4 Å². The van der Waals surface area contributed by atoms with E-state index in [9.17, 15) is 0 Å². The van der Waals surface area contributed by atoms with Gasteiger partial charge in [0.05, 0.1) is 0 Å². The lowest BCUT2D eigenvalue weighted by molar-refractivity contribution is 0.542. The highest BCUT2D eigenvalue weighted by Gasteiger charge is 2.15. The number of unbranched alkanes of at least 4 members (excludes halogenated alkanes) is 12. The molecule has 0 bridgehead atoms. The van der Waals surface area contributed by atoms with Crippen LogP contribution in [0.5, 0.6) is 0 Å². The second-order valence-electron chi connectivity index (χ2n) is 6.11. The maximum Gasteiger partial charge on any atom is 0.273 e. The van der Waals surface area contributed by atoms with E-state index in [4.69, 9.17) is 16.2 Å². The standard InChI is InChI=1S/C15H37N3Si/c1-2-3-4-5-6-7-8-9-10-11-12-13-14-15-19(16,17)18/h2-18H2,1H3. The zero-order chi connectivity index (χ0) is 14.4. The molecule has 0 fully saturated rings. The van der Waals surface area contributed by atoms with E-state index in [0.717, 1.165) is 12.5 Å². The summed E-state index contributed by atoms with van der Waals surface area (Å²) in [4.78, 5) is 0. The topological polar surface area (TPSA) is 78.1 Å². The van der Waals surface area contributed by atoms with Crippen LogP contribution in [-0.2, 0) is 0 Å². The number of nitrogens with two attached hydrogens (primary N) is 3. The zero-order valence-corrected chi connectivity index (χ0v) is 14.1. The van der Waals surface area contributed by atoms with Gasteiger partial charge in [0.2, 0.25) is 0 Å². The van der Waals surface area contributed by atoms with Gasteiger partial charge in [0.1, 0.15) is 0 Å². The molecule has 0 saturated heterocycles. The van der Waals surface area contributed by atoms with Crippen molar-refractivity contribution >= 4 is 8.56 Å². The first-order valence-electron chi connectivity index (χ1n) is 8.43. The summed E-state index contributed by atoms with van der Waals surface area (Å²) in [5.41, 5.74) is 0. The van der Waals surface area contributed by atoms with Crippen LogP contribution >= 0.6 is 0 Å². The van der Waals surface area contributed by atoms with E-state index >= 15 is 0 Å². The van der Waals surface area contributed by atoms with E-state index in [1.165, 1.54) is 77.0 Å². The maximum absolute atomic E-state index is 5.67. The fourth-order valence-corrected chi connectivity index (χ4v) is 3.31. The molecule has 0 spiro atoms. The Morgan fingerprint density at radius 3 is 1.16 bits per heavy atom. The van der Waals surface area contributed by atoms with Crippen LogP contribution in [0.3, 0.4) is 0 Å². The lowest BCUT2D eigenvalue weighted by atomic mass is 10.1. The number of rotatable bonds is 14. The first-order valence-corrected chi connectivity index (χ1v) is 10.9. The zero-order valence-electron chi connectivity index (χ0n) is 13.1. The predicted octanol–water partition coefficient (Wildman–Crippen LogP) is 3.89. The van der Waals surface area contributed by atoms with Crippen molar-refractivity contribution in [3.63, 3.8) is 0 Å². The van der Waals surface area contributed by atoms with Crippen molar-refractivity contribution < 1.29 is 0 Å². The molecule has 0 aromatic heterocycles. The Hall–Kier alpha value is 0.0969. The first kappa shape index (κ1) is 19.1. The molecular weight excluding hydrogens is 250 g/mol. The van der Waals surface area contributed by atoms with Crippen molar-refractivity contribution in [1.29, 1.82) is 0 Å². The molecule has 4 heteroatoms. The minimum atomic E-state index is -2.26. The Bertz CT molecular complexity index is 181. The second kappa shape index (κ2) is 13.1. The van der Waals surface area contributed by atoms with Gasteiger partial charge in [-0.1, -0.05) is 90.4 Å². The summed E-state index contributed by atoms with van der Waals surface area (Å²) in [6.07, 6.45) is 17.8. The molecule has 0 aliphatic rings. The molecule has 19 heavy (non-hydrogen) atoms. The second-order valence-corrected chi connectivity index (χ2v) is 8.83. The summed E-state index contributed by atoms with van der Waals surface area (Å²) in [6.45, 7) is 2.27. The Balaban J connectivity index is 2.99. The van der Waals surface area contributed by atoms with Crippen LogP contribution < -0.4 is 16.2 Å². The minimum Gasteiger partial charge on any atom is -0.327 e. The molecule has 6 N–H and O–H groups in total. The Kier molecular flexibility index (Phi) is 13.2. The molecule has 3 nitrogen and oxygen atoms in total. The molecule has 0 saturated carbocycles. The van der Waals surface area contributed by atoms with E-state index in [0.29, 0.717) is 0 Å². The maximum atomic E-state index is 5.67. The number of hydrogen-bond donors (Lipinski definition) is 3. The first-order chi connectivity index (χ1) is 9.06. The lowest BCUT2D eigenvalue weighted by Crippen LogP contribution is -2.64. The third kappa shape index (κ3) is 18.1. The van der Waals surface area contributed by atoms with Crippen molar-refractivity contribution in [2.45, 2.75) is 96.4 Å². The highest BCUT2D eigenvalue weighted by molar-refractivity contribution is 6.70. The van der Waals surface area contributed by atoms with E-state index in [1.807, 2.05) is 0 Å². The van der Waals surface area contributed by atoms with Crippen molar-refractivity contribution in [3.05, 3.63) is 0 Å². The minimum absolute atomic E-state index is 0.866. The molecule has 0 heterocycles. The number of hydrogen-bond acceptors (Lipinski definition) is 3. The molecule has 0 atom stereocenters. The molecule has 0 aromatic rings. The van der Waals surface area contributed by atoms with Crippen molar-refractivity contribution in [2.75, 3.05) is 0 Å². The fourth-order valence-electron chi connectivity index (χ4n) is 2.45. The monoisotopic (exact) mass is 287 g/mol. The van der Waals surface area contributed by atoms with Crippen molar-refractivity contribution in [1.82, 2.24) is 0 Å². The average Bonchev–Trinajstić information content (AvgIpc) is 2.34. The van der Waals surface area contributed by atoms with Crippen LogP contribution in [0.2, 0.25) is 6.04 Å². The predicted molar refractivity (Wildman–Crippen MR) is 88.8 cm³/mol. The summed E-state index contributed by atoms with van der Waals surface area (Å²) < 4.78 is 0. The molecule has 0 radical (unpaired) electrons. The molecule has 0 aliphatic carbocycles. The normalized spacial score (nSPS) is 12.0. The van der Waals surface area contributed by atoms with Gasteiger partial charge in [-0.15, -0.1) is 0 Å². The van der Waals surface area contributed by atoms with Crippen molar-refractivity contribution in [3.8, 4) is 0 Å². The molecular formula is C15H37N3Si. The van der Waals surface area contributed by atoms with Crippen LogP contribution in [0, 0.1) is 0 Å². The van der Waals surface area contributed by atoms with E-state index in [1.54, 1.807) is 0 Å². The summed E-state index contributed by atoms with van der Waals surface area (Å²) in [6, 6.07) is 0.866. The molecule has 0 aliphatic heterocycles. The summed E-state index contributed by atoms with van der Waals surface area (Å²) in [7, 11) is -2.26. The van der Waals surface area contributed by atoms with Crippen LogP contribution in [-0.4, -0.2) is 8.56 Å². The van der Waals surface area contributed by atoms with Gasteiger partial charge in [-0.2, -0.15) is 0 Å². The lowest BCUT2D eigenvalue weighted by Gasteiger charge is -2.13. The largest absolute Gasteiger partial charge is 0.327 e. The Morgan fingerprint density at radius 2 is 0.842 bits per heavy atom. The van der Waals surface area contributed by atoms with Gasteiger partial charge < -0.3 is 16.2 Å². The smallest absolute Gasteiger partial charge is 0.273 e. The van der Waals surface area contributed by atoms with Gasteiger partial charge in [0.25, 0.3) is 8.56 Å². The average molecular weight is 288 g/mol. The third-order valence-corrected chi connectivity index (χ3v) is 4.93.